The quantitative estimate of drug-likeness (QED) is 0.865. The first-order valence-corrected chi connectivity index (χ1v) is 8.14. The molecular formula is C19H19F3N2O. The number of hydrogen-bond donors (Lipinski definition) is 2. The summed E-state index contributed by atoms with van der Waals surface area (Å²) in [5.74, 6) is 0.126. The summed E-state index contributed by atoms with van der Waals surface area (Å²) in [4.78, 5) is 11.9. The number of carbonyl (C=O) groups excluding carboxylic acids is 1. The smallest absolute Gasteiger partial charge is 0.351 e. The summed E-state index contributed by atoms with van der Waals surface area (Å²) in [6, 6.07) is 11.9. The Bertz CT molecular complexity index is 752. The Labute approximate surface area is 144 Å². The molecule has 1 aliphatic rings. The fourth-order valence-electron chi connectivity index (χ4n) is 2.69. The number of halogens is 3. The average Bonchev–Trinajstić information content (AvgIpc) is 3.44. The van der Waals surface area contributed by atoms with Crippen molar-refractivity contribution in [3.05, 3.63) is 59.7 Å². The molecule has 0 heterocycles. The summed E-state index contributed by atoms with van der Waals surface area (Å²) in [5.41, 5.74) is 7.54. The lowest BCUT2D eigenvalue weighted by Gasteiger charge is -2.12. The van der Waals surface area contributed by atoms with E-state index in [0.29, 0.717) is 18.0 Å². The van der Waals surface area contributed by atoms with E-state index < -0.39 is 17.8 Å². The van der Waals surface area contributed by atoms with Gasteiger partial charge in [-0.3, -0.25) is 4.79 Å². The molecule has 0 aromatic heterocycles. The van der Waals surface area contributed by atoms with E-state index in [1.54, 1.807) is 0 Å². The molecule has 1 amide bonds. The molecule has 132 valence electrons. The molecule has 0 radical (unpaired) electrons. The van der Waals surface area contributed by atoms with Crippen LogP contribution >= 0.6 is 0 Å². The van der Waals surface area contributed by atoms with Gasteiger partial charge in [0.25, 0.3) is 0 Å². The Morgan fingerprint density at radius 3 is 2.40 bits per heavy atom. The molecule has 0 bridgehead atoms. The minimum atomic E-state index is -4.34. The van der Waals surface area contributed by atoms with E-state index >= 15 is 0 Å². The molecule has 3 nitrogen and oxygen atoms in total. The van der Waals surface area contributed by atoms with Crippen LogP contribution in [0.3, 0.4) is 0 Å². The number of amides is 1. The molecule has 6 heteroatoms. The maximum Gasteiger partial charge on any atom is 0.416 e. The van der Waals surface area contributed by atoms with Crippen LogP contribution in [-0.4, -0.2) is 11.9 Å². The number of benzene rings is 2. The van der Waals surface area contributed by atoms with Gasteiger partial charge < -0.3 is 11.1 Å². The van der Waals surface area contributed by atoms with E-state index in [2.05, 4.69) is 5.32 Å². The molecule has 1 atom stereocenters. The van der Waals surface area contributed by atoms with Crippen LogP contribution in [0.5, 0.6) is 0 Å². The van der Waals surface area contributed by atoms with Crippen molar-refractivity contribution in [3.63, 3.8) is 0 Å². The largest absolute Gasteiger partial charge is 0.416 e. The van der Waals surface area contributed by atoms with E-state index in [4.69, 9.17) is 5.73 Å². The van der Waals surface area contributed by atoms with Crippen LogP contribution in [0.1, 0.15) is 24.0 Å². The lowest BCUT2D eigenvalue weighted by atomic mass is 10.0. The Kier molecular flexibility index (Phi) is 4.81. The summed E-state index contributed by atoms with van der Waals surface area (Å²) >= 11 is 0. The standard InChI is InChI=1S/C19H19F3N2O/c20-19(21,22)16-8-6-13(7-9-16)15-3-1-2-12(10-15)11-24-18(25)17(23)14-4-5-14/h1-3,6-10,14,17H,4-5,11,23H2,(H,24,25). The number of alkyl halides is 3. The van der Waals surface area contributed by atoms with Crippen molar-refractivity contribution in [1.29, 1.82) is 0 Å². The molecule has 2 aromatic rings. The zero-order valence-corrected chi connectivity index (χ0v) is 13.5. The Hall–Kier alpha value is -2.34. The third-order valence-corrected chi connectivity index (χ3v) is 4.37. The van der Waals surface area contributed by atoms with Crippen LogP contribution in [-0.2, 0) is 17.5 Å². The zero-order chi connectivity index (χ0) is 18.0. The fraction of sp³-hybridized carbons (Fsp3) is 0.316. The highest BCUT2D eigenvalue weighted by Gasteiger charge is 2.33. The highest BCUT2D eigenvalue weighted by molar-refractivity contribution is 5.82. The lowest BCUT2D eigenvalue weighted by molar-refractivity contribution is -0.137. The topological polar surface area (TPSA) is 55.1 Å². The van der Waals surface area contributed by atoms with E-state index in [-0.39, 0.29) is 5.91 Å². The molecule has 1 fully saturated rings. The minimum absolute atomic E-state index is 0.164. The molecule has 0 aliphatic heterocycles. The molecule has 1 aliphatic carbocycles. The number of nitrogens with two attached hydrogens (primary N) is 1. The Morgan fingerprint density at radius 1 is 1.12 bits per heavy atom. The van der Waals surface area contributed by atoms with Gasteiger partial charge >= 0.3 is 6.18 Å². The summed E-state index contributed by atoms with van der Waals surface area (Å²) < 4.78 is 37.9. The van der Waals surface area contributed by atoms with Gasteiger partial charge in [0.05, 0.1) is 11.6 Å². The number of nitrogens with one attached hydrogen (secondary N) is 1. The molecule has 3 rings (SSSR count). The molecule has 0 saturated heterocycles. The highest BCUT2D eigenvalue weighted by atomic mass is 19.4. The van der Waals surface area contributed by atoms with E-state index in [0.717, 1.165) is 36.1 Å². The van der Waals surface area contributed by atoms with Gasteiger partial charge in [0.1, 0.15) is 0 Å². The van der Waals surface area contributed by atoms with Crippen molar-refractivity contribution >= 4 is 5.91 Å². The molecule has 3 N–H and O–H groups in total. The van der Waals surface area contributed by atoms with Gasteiger partial charge in [-0.2, -0.15) is 13.2 Å². The van der Waals surface area contributed by atoms with E-state index in [1.165, 1.54) is 12.1 Å². The van der Waals surface area contributed by atoms with Crippen molar-refractivity contribution in [3.8, 4) is 11.1 Å². The van der Waals surface area contributed by atoms with Gasteiger partial charge in [-0.15, -0.1) is 0 Å². The number of hydrogen-bond acceptors (Lipinski definition) is 2. The van der Waals surface area contributed by atoms with Gasteiger partial charge in [0.15, 0.2) is 0 Å². The fourth-order valence-corrected chi connectivity index (χ4v) is 2.69. The SMILES string of the molecule is NC(C(=O)NCc1cccc(-c2ccc(C(F)(F)F)cc2)c1)C1CC1. The first kappa shape index (κ1) is 17.5. The third-order valence-electron chi connectivity index (χ3n) is 4.37. The van der Waals surface area contributed by atoms with Crippen LogP contribution in [0.4, 0.5) is 13.2 Å². The summed E-state index contributed by atoms with van der Waals surface area (Å²) in [6.45, 7) is 0.341. The zero-order valence-electron chi connectivity index (χ0n) is 13.5. The Balaban J connectivity index is 1.67. The summed E-state index contributed by atoms with van der Waals surface area (Å²) in [6.07, 6.45) is -2.35. The normalized spacial score (nSPS) is 15.7. The average molecular weight is 348 g/mol. The maximum atomic E-state index is 12.6. The maximum absolute atomic E-state index is 12.6. The monoisotopic (exact) mass is 348 g/mol. The van der Waals surface area contributed by atoms with Gasteiger partial charge in [-0.25, -0.2) is 0 Å². The second kappa shape index (κ2) is 6.88. The van der Waals surface area contributed by atoms with Crippen LogP contribution in [0, 0.1) is 5.92 Å². The summed E-state index contributed by atoms with van der Waals surface area (Å²) in [5, 5.41) is 2.82. The van der Waals surface area contributed by atoms with Crippen molar-refractivity contribution < 1.29 is 18.0 Å². The first-order valence-electron chi connectivity index (χ1n) is 8.14. The molecule has 1 unspecified atom stereocenters. The van der Waals surface area contributed by atoms with Crippen molar-refractivity contribution in [1.82, 2.24) is 5.32 Å². The van der Waals surface area contributed by atoms with E-state index in [1.807, 2.05) is 24.3 Å². The van der Waals surface area contributed by atoms with E-state index in [9.17, 15) is 18.0 Å². The second-order valence-corrected chi connectivity index (χ2v) is 6.36. The number of rotatable bonds is 5. The van der Waals surface area contributed by atoms with Crippen molar-refractivity contribution in [2.45, 2.75) is 31.6 Å². The first-order chi connectivity index (χ1) is 11.8. The van der Waals surface area contributed by atoms with Crippen molar-refractivity contribution in [2.24, 2.45) is 11.7 Å². The molecule has 1 saturated carbocycles. The molecule has 0 spiro atoms. The lowest BCUT2D eigenvalue weighted by Crippen LogP contribution is -2.41. The second-order valence-electron chi connectivity index (χ2n) is 6.36. The minimum Gasteiger partial charge on any atom is -0.351 e. The van der Waals surface area contributed by atoms with Gasteiger partial charge in [-0.05, 0) is 53.6 Å². The molecule has 25 heavy (non-hydrogen) atoms. The van der Waals surface area contributed by atoms with Gasteiger partial charge in [0.2, 0.25) is 5.91 Å². The van der Waals surface area contributed by atoms with Crippen molar-refractivity contribution in [2.75, 3.05) is 0 Å². The van der Waals surface area contributed by atoms with Crippen LogP contribution in [0.25, 0.3) is 11.1 Å². The Morgan fingerprint density at radius 2 is 1.80 bits per heavy atom. The number of carbonyl (C=O) groups is 1. The van der Waals surface area contributed by atoms with Gasteiger partial charge in [0, 0.05) is 6.54 Å². The van der Waals surface area contributed by atoms with Crippen LogP contribution in [0.15, 0.2) is 48.5 Å². The predicted molar refractivity (Wildman–Crippen MR) is 89.4 cm³/mol. The van der Waals surface area contributed by atoms with Gasteiger partial charge in [-0.1, -0.05) is 30.3 Å². The third kappa shape index (κ3) is 4.39. The summed E-state index contributed by atoms with van der Waals surface area (Å²) in [7, 11) is 0. The van der Waals surface area contributed by atoms with Crippen LogP contribution < -0.4 is 11.1 Å². The highest BCUT2D eigenvalue weighted by Crippen LogP contribution is 2.32. The molecular weight excluding hydrogens is 329 g/mol. The molecule has 2 aromatic carbocycles. The van der Waals surface area contributed by atoms with Crippen LogP contribution in [0.2, 0.25) is 0 Å². The predicted octanol–water partition coefficient (Wildman–Crippen LogP) is 3.73.